The van der Waals surface area contributed by atoms with Crippen molar-refractivity contribution >= 4 is 11.6 Å². The fourth-order valence-electron chi connectivity index (χ4n) is 1.50. The molecule has 0 saturated carbocycles. The molecule has 58 valence electrons. The molecule has 1 aliphatic carbocycles. The third-order valence-electron chi connectivity index (χ3n) is 2.08. The van der Waals surface area contributed by atoms with Crippen LogP contribution in [-0.2, 0) is 6.42 Å². The molecule has 0 bridgehead atoms. The number of halogens is 2. The van der Waals surface area contributed by atoms with Gasteiger partial charge in [-0.05, 0) is 17.5 Å². The zero-order valence-corrected chi connectivity index (χ0v) is 6.68. The molecule has 0 nitrogen and oxygen atoms in total. The average Bonchev–Trinajstić information content (AvgIpc) is 2.30. The van der Waals surface area contributed by atoms with Gasteiger partial charge in [-0.2, -0.15) is 0 Å². The van der Waals surface area contributed by atoms with Crippen LogP contribution in [0.15, 0.2) is 24.3 Å². The van der Waals surface area contributed by atoms with Gasteiger partial charge >= 0.3 is 0 Å². The van der Waals surface area contributed by atoms with E-state index >= 15 is 0 Å². The van der Waals surface area contributed by atoms with Crippen molar-refractivity contribution in [2.75, 3.05) is 0 Å². The first kappa shape index (κ1) is 7.11. The summed E-state index contributed by atoms with van der Waals surface area (Å²) in [5.74, 6) is 0. The Balaban J connectivity index is 2.47. The van der Waals surface area contributed by atoms with Gasteiger partial charge in [0.15, 0.2) is 0 Å². The van der Waals surface area contributed by atoms with Crippen molar-refractivity contribution in [3.05, 3.63) is 35.4 Å². The van der Waals surface area contributed by atoms with Crippen LogP contribution in [0.25, 0.3) is 0 Å². The Labute approximate surface area is 70.0 Å². The minimum atomic E-state index is -0.965. The third-order valence-corrected chi connectivity index (χ3v) is 2.46. The van der Waals surface area contributed by atoms with Gasteiger partial charge in [0.1, 0.15) is 6.17 Å². The molecule has 0 spiro atoms. The molecular weight excluding hydrogens is 163 g/mol. The Morgan fingerprint density at radius 3 is 2.82 bits per heavy atom. The summed E-state index contributed by atoms with van der Waals surface area (Å²) in [7, 11) is 0. The molecule has 0 fully saturated rings. The number of fused-ring (bicyclic) bond motifs is 1. The standard InChI is InChI=1S/C9H8ClF/c10-8-5-6-3-1-2-4-7(6)9(8)11/h1-4,8-9H,5H2/t8-,9-/m1/s1. The Morgan fingerprint density at radius 2 is 2.09 bits per heavy atom. The van der Waals surface area contributed by atoms with Gasteiger partial charge in [0.05, 0.1) is 5.38 Å². The molecule has 2 heteroatoms. The van der Waals surface area contributed by atoms with E-state index in [0.29, 0.717) is 6.42 Å². The fourth-order valence-corrected chi connectivity index (χ4v) is 1.80. The normalized spacial score (nSPS) is 28.5. The van der Waals surface area contributed by atoms with Crippen molar-refractivity contribution in [3.63, 3.8) is 0 Å². The molecule has 0 unspecified atom stereocenters. The second kappa shape index (κ2) is 2.49. The van der Waals surface area contributed by atoms with Gasteiger partial charge in [0.2, 0.25) is 0 Å². The Morgan fingerprint density at radius 1 is 1.36 bits per heavy atom. The molecule has 2 atom stereocenters. The van der Waals surface area contributed by atoms with Gasteiger partial charge in [-0.3, -0.25) is 0 Å². The van der Waals surface area contributed by atoms with Crippen molar-refractivity contribution in [2.24, 2.45) is 0 Å². The maximum atomic E-state index is 13.2. The van der Waals surface area contributed by atoms with Gasteiger partial charge in [-0.1, -0.05) is 24.3 Å². The Hall–Kier alpha value is -0.560. The highest BCUT2D eigenvalue weighted by atomic mass is 35.5. The maximum Gasteiger partial charge on any atom is 0.142 e. The van der Waals surface area contributed by atoms with E-state index in [4.69, 9.17) is 11.6 Å². The lowest BCUT2D eigenvalue weighted by Gasteiger charge is -2.02. The molecule has 0 heterocycles. The number of benzene rings is 1. The van der Waals surface area contributed by atoms with Crippen LogP contribution in [0.1, 0.15) is 17.3 Å². The van der Waals surface area contributed by atoms with Crippen molar-refractivity contribution in [3.8, 4) is 0 Å². The lowest BCUT2D eigenvalue weighted by atomic mass is 10.1. The van der Waals surface area contributed by atoms with E-state index in [-0.39, 0.29) is 5.38 Å². The molecule has 0 radical (unpaired) electrons. The molecule has 0 aliphatic heterocycles. The predicted octanol–water partition coefficient (Wildman–Crippen LogP) is 2.86. The van der Waals surface area contributed by atoms with Crippen molar-refractivity contribution in [1.29, 1.82) is 0 Å². The maximum absolute atomic E-state index is 13.2. The number of hydrogen-bond donors (Lipinski definition) is 0. The molecule has 0 saturated heterocycles. The van der Waals surface area contributed by atoms with Crippen molar-refractivity contribution in [1.82, 2.24) is 0 Å². The van der Waals surface area contributed by atoms with Crippen LogP contribution in [-0.4, -0.2) is 5.38 Å². The molecule has 1 aliphatic rings. The first-order valence-corrected chi connectivity index (χ1v) is 4.08. The molecule has 0 amide bonds. The lowest BCUT2D eigenvalue weighted by Crippen LogP contribution is -1.99. The highest BCUT2D eigenvalue weighted by Gasteiger charge is 2.30. The van der Waals surface area contributed by atoms with Crippen LogP contribution in [0.4, 0.5) is 4.39 Å². The van der Waals surface area contributed by atoms with E-state index in [1.165, 1.54) is 0 Å². The third kappa shape index (κ3) is 1.04. The molecule has 0 N–H and O–H groups in total. The van der Waals surface area contributed by atoms with Crippen LogP contribution >= 0.6 is 11.6 Å². The second-order valence-corrected chi connectivity index (χ2v) is 3.38. The van der Waals surface area contributed by atoms with Crippen LogP contribution in [0.5, 0.6) is 0 Å². The summed E-state index contributed by atoms with van der Waals surface area (Å²) in [5.41, 5.74) is 1.83. The van der Waals surface area contributed by atoms with Gasteiger partial charge in [0.25, 0.3) is 0 Å². The molecule has 2 rings (SSSR count). The molecule has 1 aromatic carbocycles. The molecule has 1 aromatic rings. The summed E-state index contributed by atoms with van der Waals surface area (Å²) >= 11 is 5.75. The number of rotatable bonds is 0. The Kier molecular flexibility index (Phi) is 1.61. The second-order valence-electron chi connectivity index (χ2n) is 2.82. The minimum absolute atomic E-state index is 0.354. The van der Waals surface area contributed by atoms with Gasteiger partial charge in [-0.25, -0.2) is 4.39 Å². The van der Waals surface area contributed by atoms with E-state index in [2.05, 4.69) is 0 Å². The largest absolute Gasteiger partial charge is 0.241 e. The van der Waals surface area contributed by atoms with Crippen molar-refractivity contribution in [2.45, 2.75) is 18.0 Å². The monoisotopic (exact) mass is 170 g/mol. The van der Waals surface area contributed by atoms with E-state index in [1.807, 2.05) is 24.3 Å². The molecule has 0 aromatic heterocycles. The first-order chi connectivity index (χ1) is 5.29. The van der Waals surface area contributed by atoms with Crippen LogP contribution in [0, 0.1) is 0 Å². The van der Waals surface area contributed by atoms with E-state index < -0.39 is 6.17 Å². The molecule has 11 heavy (non-hydrogen) atoms. The van der Waals surface area contributed by atoms with Crippen LogP contribution in [0.3, 0.4) is 0 Å². The predicted molar refractivity (Wildman–Crippen MR) is 43.6 cm³/mol. The summed E-state index contributed by atoms with van der Waals surface area (Å²) in [6.45, 7) is 0. The fraction of sp³-hybridized carbons (Fsp3) is 0.333. The summed E-state index contributed by atoms with van der Waals surface area (Å²) in [4.78, 5) is 0. The first-order valence-electron chi connectivity index (χ1n) is 3.65. The summed E-state index contributed by atoms with van der Waals surface area (Å²) in [5, 5.41) is -0.354. The highest BCUT2D eigenvalue weighted by Crippen LogP contribution is 2.37. The Bertz CT molecular complexity index is 272. The topological polar surface area (TPSA) is 0 Å². The number of alkyl halides is 2. The summed E-state index contributed by atoms with van der Waals surface area (Å²) < 4.78 is 13.2. The minimum Gasteiger partial charge on any atom is -0.241 e. The molecular formula is C9H8ClF. The zero-order chi connectivity index (χ0) is 7.84. The quantitative estimate of drug-likeness (QED) is 0.526. The smallest absolute Gasteiger partial charge is 0.142 e. The van der Waals surface area contributed by atoms with E-state index in [1.54, 1.807) is 0 Å². The summed E-state index contributed by atoms with van der Waals surface area (Å²) in [6, 6.07) is 7.51. The van der Waals surface area contributed by atoms with Gasteiger partial charge < -0.3 is 0 Å². The van der Waals surface area contributed by atoms with E-state index in [9.17, 15) is 4.39 Å². The van der Waals surface area contributed by atoms with E-state index in [0.717, 1.165) is 11.1 Å². The lowest BCUT2D eigenvalue weighted by molar-refractivity contribution is 0.348. The summed E-state index contributed by atoms with van der Waals surface area (Å²) in [6.07, 6.45) is -0.299. The van der Waals surface area contributed by atoms with Gasteiger partial charge in [0, 0.05) is 0 Å². The average molecular weight is 171 g/mol. The van der Waals surface area contributed by atoms with Crippen LogP contribution < -0.4 is 0 Å². The SMILES string of the molecule is F[C@@H]1c2ccccc2C[C@H]1Cl. The van der Waals surface area contributed by atoms with Crippen molar-refractivity contribution < 1.29 is 4.39 Å². The zero-order valence-electron chi connectivity index (χ0n) is 5.93. The number of hydrogen-bond acceptors (Lipinski definition) is 0. The van der Waals surface area contributed by atoms with Gasteiger partial charge in [-0.15, -0.1) is 11.6 Å². The van der Waals surface area contributed by atoms with Crippen LogP contribution in [0.2, 0.25) is 0 Å². The highest BCUT2D eigenvalue weighted by molar-refractivity contribution is 6.21.